The third kappa shape index (κ3) is 5.46. The number of carbonyl (C=O) groups is 2. The van der Waals surface area contributed by atoms with Gasteiger partial charge < -0.3 is 16.0 Å². The molecule has 2 aromatic rings. The molecule has 1 aliphatic heterocycles. The van der Waals surface area contributed by atoms with Crippen molar-refractivity contribution in [1.29, 1.82) is 0 Å². The van der Waals surface area contributed by atoms with E-state index in [1.54, 1.807) is 12.1 Å². The molecule has 2 amide bonds. The van der Waals surface area contributed by atoms with E-state index in [2.05, 4.69) is 25.9 Å². The van der Waals surface area contributed by atoms with Crippen LogP contribution in [0.1, 0.15) is 46.3 Å². The van der Waals surface area contributed by atoms with Crippen molar-refractivity contribution in [3.8, 4) is 0 Å². The zero-order chi connectivity index (χ0) is 19.2. The van der Waals surface area contributed by atoms with Gasteiger partial charge in [0.15, 0.2) is 11.4 Å². The number of halogens is 2. The molecular formula is C19H23ClFN5O2. The lowest BCUT2D eigenvalue weighted by Gasteiger charge is -2.30. The number of hydrogen-bond donors (Lipinski definition) is 3. The second-order valence-electron chi connectivity index (χ2n) is 6.53. The van der Waals surface area contributed by atoms with Crippen LogP contribution < -0.4 is 16.0 Å². The first-order chi connectivity index (χ1) is 13.0. The Bertz CT molecular complexity index is 818. The highest BCUT2D eigenvalue weighted by Gasteiger charge is 2.26. The quantitative estimate of drug-likeness (QED) is 0.702. The van der Waals surface area contributed by atoms with Gasteiger partial charge >= 0.3 is 0 Å². The zero-order valence-electron chi connectivity index (χ0n) is 15.4. The molecule has 3 rings (SSSR count). The van der Waals surface area contributed by atoms with E-state index in [9.17, 15) is 14.0 Å². The van der Waals surface area contributed by atoms with Gasteiger partial charge in [0.05, 0.1) is 0 Å². The molecular weight excluding hydrogens is 385 g/mol. The summed E-state index contributed by atoms with van der Waals surface area (Å²) in [4.78, 5) is 33.2. The van der Waals surface area contributed by atoms with E-state index in [4.69, 9.17) is 0 Å². The molecule has 0 saturated carbocycles. The van der Waals surface area contributed by atoms with Gasteiger partial charge in [0, 0.05) is 31.0 Å². The minimum Gasteiger partial charge on any atom is -0.347 e. The first-order valence-corrected chi connectivity index (χ1v) is 8.92. The summed E-state index contributed by atoms with van der Waals surface area (Å²) < 4.78 is 13.0. The highest BCUT2D eigenvalue weighted by molar-refractivity contribution is 6.04. The fourth-order valence-electron chi connectivity index (χ4n) is 3.02. The Morgan fingerprint density at radius 1 is 1.14 bits per heavy atom. The molecule has 7 nitrogen and oxygen atoms in total. The molecule has 28 heavy (non-hydrogen) atoms. The Morgan fingerprint density at radius 2 is 1.79 bits per heavy atom. The molecule has 2 atom stereocenters. The van der Waals surface area contributed by atoms with E-state index in [0.717, 1.165) is 24.9 Å². The predicted octanol–water partition coefficient (Wildman–Crippen LogP) is 1.84. The van der Waals surface area contributed by atoms with E-state index in [1.165, 1.54) is 24.5 Å². The molecule has 1 saturated heterocycles. The molecule has 1 aliphatic rings. The highest BCUT2D eigenvalue weighted by Crippen LogP contribution is 2.10. The van der Waals surface area contributed by atoms with Gasteiger partial charge in [-0.05, 0) is 44.0 Å². The van der Waals surface area contributed by atoms with Gasteiger partial charge in [-0.25, -0.2) is 14.4 Å². The molecule has 0 radical (unpaired) electrons. The summed E-state index contributed by atoms with van der Waals surface area (Å²) in [5.74, 6) is -1.27. The third-order valence-electron chi connectivity index (χ3n) is 4.57. The maximum absolute atomic E-state index is 13.0. The predicted molar refractivity (Wildman–Crippen MR) is 105 cm³/mol. The standard InChI is InChI=1S/C19H22FN5O2.ClH/c1-12-15(3-2-8-21-12)25-19(27)17-16(22-9-10-23-17)18(26)24-11-13-4-6-14(20)7-5-13;/h4-7,9-10,12,15,21H,2-3,8,11H2,1H3,(H,24,26)(H,25,27);1H. The highest BCUT2D eigenvalue weighted by atomic mass is 35.5. The number of amides is 2. The molecule has 1 aromatic heterocycles. The molecule has 2 unspecified atom stereocenters. The van der Waals surface area contributed by atoms with Crippen LogP contribution in [-0.2, 0) is 6.54 Å². The molecule has 2 heterocycles. The van der Waals surface area contributed by atoms with E-state index in [1.807, 2.05) is 6.92 Å². The SMILES string of the molecule is CC1NCCCC1NC(=O)c1nccnc1C(=O)NCc1ccc(F)cc1.Cl. The van der Waals surface area contributed by atoms with E-state index < -0.39 is 11.8 Å². The van der Waals surface area contributed by atoms with Gasteiger partial charge in [-0.15, -0.1) is 12.4 Å². The number of carbonyl (C=O) groups excluding carboxylic acids is 2. The second kappa shape index (κ2) is 10.1. The van der Waals surface area contributed by atoms with Crippen molar-refractivity contribution in [2.45, 2.75) is 38.4 Å². The van der Waals surface area contributed by atoms with Gasteiger partial charge in [-0.1, -0.05) is 12.1 Å². The average molecular weight is 408 g/mol. The fraction of sp³-hybridized carbons (Fsp3) is 0.368. The van der Waals surface area contributed by atoms with Crippen LogP contribution in [0.25, 0.3) is 0 Å². The van der Waals surface area contributed by atoms with Crippen molar-refractivity contribution in [2.75, 3.05) is 6.54 Å². The number of rotatable bonds is 5. The number of aromatic nitrogens is 2. The number of piperidine rings is 1. The van der Waals surface area contributed by atoms with E-state index in [-0.39, 0.29) is 48.2 Å². The summed E-state index contributed by atoms with van der Waals surface area (Å²) in [7, 11) is 0. The summed E-state index contributed by atoms with van der Waals surface area (Å²) in [6, 6.07) is 5.93. The van der Waals surface area contributed by atoms with Gasteiger partial charge in [0.1, 0.15) is 5.82 Å². The Labute approximate surface area is 168 Å². The lowest BCUT2D eigenvalue weighted by Crippen LogP contribution is -2.52. The first kappa shape index (κ1) is 21.7. The van der Waals surface area contributed by atoms with Crippen LogP contribution >= 0.6 is 12.4 Å². The number of nitrogens with zero attached hydrogens (tertiary/aromatic N) is 2. The van der Waals surface area contributed by atoms with Crippen LogP contribution in [-0.4, -0.2) is 40.4 Å². The third-order valence-corrected chi connectivity index (χ3v) is 4.57. The lowest BCUT2D eigenvalue weighted by molar-refractivity contribution is 0.0889. The van der Waals surface area contributed by atoms with Crippen molar-refractivity contribution in [3.63, 3.8) is 0 Å². The largest absolute Gasteiger partial charge is 0.347 e. The fourth-order valence-corrected chi connectivity index (χ4v) is 3.02. The van der Waals surface area contributed by atoms with Gasteiger partial charge in [0.25, 0.3) is 11.8 Å². The summed E-state index contributed by atoms with van der Waals surface area (Å²) in [6.07, 6.45) is 4.59. The molecule has 1 fully saturated rings. The molecule has 3 N–H and O–H groups in total. The monoisotopic (exact) mass is 407 g/mol. The molecule has 0 aliphatic carbocycles. The Balaban J connectivity index is 0.00000280. The smallest absolute Gasteiger partial charge is 0.272 e. The second-order valence-corrected chi connectivity index (χ2v) is 6.53. The van der Waals surface area contributed by atoms with Crippen molar-refractivity contribution in [3.05, 3.63) is 59.4 Å². The van der Waals surface area contributed by atoms with Crippen LogP contribution in [0.2, 0.25) is 0 Å². The number of benzene rings is 1. The van der Waals surface area contributed by atoms with Crippen molar-refractivity contribution >= 4 is 24.2 Å². The van der Waals surface area contributed by atoms with E-state index >= 15 is 0 Å². The summed E-state index contributed by atoms with van der Waals surface area (Å²) in [6.45, 7) is 3.13. The summed E-state index contributed by atoms with van der Waals surface area (Å²) in [5.41, 5.74) is 0.696. The number of hydrogen-bond acceptors (Lipinski definition) is 5. The zero-order valence-corrected chi connectivity index (χ0v) is 16.3. The van der Waals surface area contributed by atoms with Crippen LogP contribution in [0.15, 0.2) is 36.7 Å². The number of nitrogens with one attached hydrogen (secondary N) is 3. The van der Waals surface area contributed by atoms with Gasteiger partial charge in [-0.3, -0.25) is 9.59 Å². The van der Waals surface area contributed by atoms with Crippen LogP contribution in [0.3, 0.4) is 0 Å². The maximum atomic E-state index is 13.0. The Morgan fingerprint density at radius 3 is 2.43 bits per heavy atom. The van der Waals surface area contributed by atoms with Gasteiger partial charge in [0.2, 0.25) is 0 Å². The van der Waals surface area contributed by atoms with Crippen LogP contribution in [0.5, 0.6) is 0 Å². The maximum Gasteiger partial charge on any atom is 0.272 e. The topological polar surface area (TPSA) is 96.0 Å². The average Bonchev–Trinajstić information content (AvgIpc) is 2.69. The molecule has 1 aromatic carbocycles. The minimum absolute atomic E-state index is 0. The van der Waals surface area contributed by atoms with E-state index in [0.29, 0.717) is 0 Å². The summed E-state index contributed by atoms with van der Waals surface area (Å²) >= 11 is 0. The Hall–Kier alpha value is -2.58. The van der Waals surface area contributed by atoms with Crippen molar-refractivity contribution < 1.29 is 14.0 Å². The van der Waals surface area contributed by atoms with Crippen LogP contribution in [0.4, 0.5) is 4.39 Å². The molecule has 0 spiro atoms. The normalized spacial score (nSPS) is 18.6. The van der Waals surface area contributed by atoms with Crippen molar-refractivity contribution in [2.24, 2.45) is 0 Å². The van der Waals surface area contributed by atoms with Crippen LogP contribution in [0, 0.1) is 5.82 Å². The Kier molecular flexibility index (Phi) is 7.83. The molecule has 0 bridgehead atoms. The van der Waals surface area contributed by atoms with Crippen molar-refractivity contribution in [1.82, 2.24) is 25.9 Å². The van der Waals surface area contributed by atoms with Gasteiger partial charge in [-0.2, -0.15) is 0 Å². The lowest BCUT2D eigenvalue weighted by atomic mass is 9.99. The first-order valence-electron chi connectivity index (χ1n) is 8.92. The molecule has 150 valence electrons. The minimum atomic E-state index is -0.507. The molecule has 9 heteroatoms. The summed E-state index contributed by atoms with van der Waals surface area (Å²) in [5, 5.41) is 8.93.